The third-order valence-corrected chi connectivity index (χ3v) is 4.31. The van der Waals surface area contributed by atoms with E-state index in [0.29, 0.717) is 11.5 Å². The van der Waals surface area contributed by atoms with Crippen LogP contribution in [0, 0.1) is 16.7 Å². The molecule has 1 saturated carbocycles. The van der Waals surface area contributed by atoms with Crippen LogP contribution in [0.1, 0.15) is 45.4 Å². The van der Waals surface area contributed by atoms with Gasteiger partial charge in [-0.05, 0) is 44.2 Å². The molecule has 3 nitrogen and oxygen atoms in total. The molecule has 2 fully saturated rings. The van der Waals surface area contributed by atoms with Crippen LogP contribution in [-0.2, 0) is 0 Å². The fourth-order valence-electron chi connectivity index (χ4n) is 2.91. The molecule has 2 aliphatic rings. The lowest BCUT2D eigenvalue weighted by atomic mass is 10.0. The van der Waals surface area contributed by atoms with E-state index in [-0.39, 0.29) is 0 Å². The molecule has 0 aromatic carbocycles. The van der Waals surface area contributed by atoms with Gasteiger partial charge in [0.2, 0.25) is 0 Å². The first-order valence-corrected chi connectivity index (χ1v) is 7.11. The zero-order chi connectivity index (χ0) is 12.1. The Morgan fingerprint density at radius 2 is 2.24 bits per heavy atom. The van der Waals surface area contributed by atoms with Gasteiger partial charge in [0, 0.05) is 25.6 Å². The summed E-state index contributed by atoms with van der Waals surface area (Å²) in [6.45, 7) is 6.85. The highest BCUT2D eigenvalue weighted by atomic mass is 15.2. The van der Waals surface area contributed by atoms with Crippen molar-refractivity contribution in [2.75, 3.05) is 26.2 Å². The molecule has 0 aromatic heterocycles. The molecule has 0 spiro atoms. The van der Waals surface area contributed by atoms with Gasteiger partial charge >= 0.3 is 0 Å². The zero-order valence-corrected chi connectivity index (χ0v) is 11.0. The monoisotopic (exact) mass is 235 g/mol. The second-order valence-corrected chi connectivity index (χ2v) is 5.81. The molecule has 17 heavy (non-hydrogen) atoms. The van der Waals surface area contributed by atoms with Crippen LogP contribution in [-0.4, -0.2) is 37.1 Å². The average Bonchev–Trinajstić information content (AvgIpc) is 3.10. The van der Waals surface area contributed by atoms with Crippen LogP contribution in [0.25, 0.3) is 0 Å². The minimum atomic E-state index is 0.361. The largest absolute Gasteiger partial charge is 0.313 e. The summed E-state index contributed by atoms with van der Waals surface area (Å²) in [7, 11) is 0. The number of rotatable bonds is 6. The van der Waals surface area contributed by atoms with Gasteiger partial charge in [0.05, 0.1) is 6.07 Å². The lowest BCUT2D eigenvalue weighted by Crippen LogP contribution is -2.45. The van der Waals surface area contributed by atoms with E-state index >= 15 is 0 Å². The van der Waals surface area contributed by atoms with E-state index in [1.807, 2.05) is 0 Å². The van der Waals surface area contributed by atoms with Gasteiger partial charge in [-0.3, -0.25) is 0 Å². The van der Waals surface area contributed by atoms with Gasteiger partial charge in [0.25, 0.3) is 0 Å². The molecule has 0 radical (unpaired) electrons. The van der Waals surface area contributed by atoms with E-state index in [1.165, 1.54) is 45.2 Å². The molecular formula is C14H25N3. The molecule has 2 rings (SSSR count). The van der Waals surface area contributed by atoms with Crippen molar-refractivity contribution >= 4 is 0 Å². The van der Waals surface area contributed by atoms with Gasteiger partial charge in [0.15, 0.2) is 0 Å². The lowest BCUT2D eigenvalue weighted by molar-refractivity contribution is 0.195. The van der Waals surface area contributed by atoms with Crippen LogP contribution in [0.2, 0.25) is 0 Å². The van der Waals surface area contributed by atoms with E-state index in [9.17, 15) is 0 Å². The van der Waals surface area contributed by atoms with Crippen molar-refractivity contribution in [3.63, 3.8) is 0 Å². The summed E-state index contributed by atoms with van der Waals surface area (Å²) in [5, 5.41) is 12.5. The van der Waals surface area contributed by atoms with E-state index in [0.717, 1.165) is 19.5 Å². The molecule has 1 unspecified atom stereocenters. The van der Waals surface area contributed by atoms with Crippen molar-refractivity contribution in [2.24, 2.45) is 5.41 Å². The van der Waals surface area contributed by atoms with Gasteiger partial charge in [0.1, 0.15) is 0 Å². The van der Waals surface area contributed by atoms with Crippen LogP contribution < -0.4 is 5.32 Å². The summed E-state index contributed by atoms with van der Waals surface area (Å²) in [5.41, 5.74) is 0.361. The fraction of sp³-hybridized carbons (Fsp3) is 0.929. The third kappa shape index (κ3) is 3.69. The SMILES string of the molecule is CCN(CC1CCCCN1)CC1(CC#N)CC1. The van der Waals surface area contributed by atoms with E-state index in [4.69, 9.17) is 5.26 Å². The first-order chi connectivity index (χ1) is 8.28. The minimum Gasteiger partial charge on any atom is -0.313 e. The Morgan fingerprint density at radius 1 is 1.41 bits per heavy atom. The summed E-state index contributed by atoms with van der Waals surface area (Å²) >= 11 is 0. The summed E-state index contributed by atoms with van der Waals surface area (Å²) in [6.07, 6.45) is 7.30. The van der Waals surface area contributed by atoms with Crippen LogP contribution >= 0.6 is 0 Å². The molecule has 1 aliphatic heterocycles. The second-order valence-electron chi connectivity index (χ2n) is 5.81. The van der Waals surface area contributed by atoms with Crippen molar-refractivity contribution in [1.29, 1.82) is 5.26 Å². The number of hydrogen-bond acceptors (Lipinski definition) is 3. The molecule has 0 aromatic rings. The van der Waals surface area contributed by atoms with E-state index < -0.39 is 0 Å². The predicted molar refractivity (Wildman–Crippen MR) is 69.7 cm³/mol. The van der Waals surface area contributed by atoms with Gasteiger partial charge in [-0.1, -0.05) is 13.3 Å². The van der Waals surface area contributed by atoms with Crippen LogP contribution in [0.4, 0.5) is 0 Å². The van der Waals surface area contributed by atoms with Crippen molar-refractivity contribution in [2.45, 2.75) is 51.5 Å². The van der Waals surface area contributed by atoms with Gasteiger partial charge < -0.3 is 10.2 Å². The maximum absolute atomic E-state index is 8.87. The Labute approximate surface area is 105 Å². The summed E-state index contributed by atoms with van der Waals surface area (Å²) < 4.78 is 0. The van der Waals surface area contributed by atoms with Gasteiger partial charge in [-0.25, -0.2) is 0 Å². The second kappa shape index (κ2) is 5.84. The van der Waals surface area contributed by atoms with Gasteiger partial charge in [-0.15, -0.1) is 0 Å². The third-order valence-electron chi connectivity index (χ3n) is 4.31. The Kier molecular flexibility index (Phi) is 4.42. The van der Waals surface area contributed by atoms with Crippen molar-refractivity contribution < 1.29 is 0 Å². The highest BCUT2D eigenvalue weighted by Gasteiger charge is 2.43. The normalized spacial score (nSPS) is 26.8. The molecule has 3 heteroatoms. The highest BCUT2D eigenvalue weighted by molar-refractivity contribution is 5.01. The summed E-state index contributed by atoms with van der Waals surface area (Å²) in [6, 6.07) is 3.04. The molecule has 1 aliphatic carbocycles. The number of piperidine rings is 1. The molecular weight excluding hydrogens is 210 g/mol. The maximum atomic E-state index is 8.87. The first kappa shape index (κ1) is 12.9. The summed E-state index contributed by atoms with van der Waals surface area (Å²) in [4.78, 5) is 2.55. The van der Waals surface area contributed by atoms with Crippen LogP contribution in [0.5, 0.6) is 0 Å². The van der Waals surface area contributed by atoms with Crippen molar-refractivity contribution in [3.05, 3.63) is 0 Å². The fourth-order valence-corrected chi connectivity index (χ4v) is 2.91. The smallest absolute Gasteiger partial charge is 0.0628 e. The molecule has 1 heterocycles. The topological polar surface area (TPSA) is 39.1 Å². The van der Waals surface area contributed by atoms with Gasteiger partial charge in [-0.2, -0.15) is 5.26 Å². The zero-order valence-electron chi connectivity index (χ0n) is 11.0. The predicted octanol–water partition coefficient (Wildman–Crippen LogP) is 2.14. The Balaban J connectivity index is 1.78. The van der Waals surface area contributed by atoms with E-state index in [1.54, 1.807) is 0 Å². The number of nitriles is 1. The molecule has 1 N–H and O–H groups in total. The lowest BCUT2D eigenvalue weighted by Gasteiger charge is -2.31. The highest BCUT2D eigenvalue weighted by Crippen LogP contribution is 2.49. The minimum absolute atomic E-state index is 0.361. The molecule has 1 saturated heterocycles. The number of nitrogens with zero attached hydrogens (tertiary/aromatic N) is 2. The average molecular weight is 235 g/mol. The van der Waals surface area contributed by atoms with Crippen LogP contribution in [0.15, 0.2) is 0 Å². The molecule has 1 atom stereocenters. The number of hydrogen-bond donors (Lipinski definition) is 1. The summed E-state index contributed by atoms with van der Waals surface area (Å²) in [5.74, 6) is 0. The van der Waals surface area contributed by atoms with E-state index in [2.05, 4.69) is 23.2 Å². The first-order valence-electron chi connectivity index (χ1n) is 7.11. The molecule has 0 amide bonds. The Hall–Kier alpha value is -0.590. The molecule has 96 valence electrons. The number of nitrogens with one attached hydrogen (secondary N) is 1. The van der Waals surface area contributed by atoms with Crippen molar-refractivity contribution in [3.8, 4) is 6.07 Å². The maximum Gasteiger partial charge on any atom is 0.0628 e. The number of likely N-dealkylation sites (N-methyl/N-ethyl adjacent to an activating group) is 1. The Bertz CT molecular complexity index is 272. The standard InChI is InChI=1S/C14H25N3/c1-2-17(11-13-5-3-4-10-16-13)12-14(6-7-14)8-9-15/h13,16H,2-8,10-12H2,1H3. The van der Waals surface area contributed by atoms with Crippen molar-refractivity contribution in [1.82, 2.24) is 10.2 Å². The quantitative estimate of drug-likeness (QED) is 0.766. The van der Waals surface area contributed by atoms with Crippen LogP contribution in [0.3, 0.4) is 0 Å². The molecule has 0 bridgehead atoms. The Morgan fingerprint density at radius 3 is 2.76 bits per heavy atom.